The van der Waals surface area contributed by atoms with Gasteiger partial charge in [0.15, 0.2) is 26.3 Å². The summed E-state index contributed by atoms with van der Waals surface area (Å²) in [5.74, 6) is 1.26. The third-order valence-corrected chi connectivity index (χ3v) is 8.26. The predicted molar refractivity (Wildman–Crippen MR) is 153 cm³/mol. The van der Waals surface area contributed by atoms with Crippen molar-refractivity contribution in [2.24, 2.45) is 5.41 Å². The lowest BCUT2D eigenvalue weighted by Crippen LogP contribution is -2.24. The van der Waals surface area contributed by atoms with Gasteiger partial charge in [0.1, 0.15) is 10.5 Å². The number of hydrogen-bond donors (Lipinski definition) is 0. The summed E-state index contributed by atoms with van der Waals surface area (Å²) in [4.78, 5) is 31.6. The van der Waals surface area contributed by atoms with Crippen molar-refractivity contribution < 1.29 is 14.3 Å². The monoisotopic (exact) mass is 555 g/mol. The van der Waals surface area contributed by atoms with E-state index in [-0.39, 0.29) is 17.1 Å². The van der Waals surface area contributed by atoms with E-state index in [0.717, 1.165) is 12.1 Å². The first kappa shape index (κ1) is 27.1. The van der Waals surface area contributed by atoms with E-state index in [9.17, 15) is 9.59 Å². The van der Waals surface area contributed by atoms with Crippen molar-refractivity contribution in [2.45, 2.75) is 39.3 Å². The van der Waals surface area contributed by atoms with E-state index in [4.69, 9.17) is 26.7 Å². The second-order valence-corrected chi connectivity index (χ2v) is 12.0. The normalized spacial score (nSPS) is 11.6. The number of aromatic nitrogens is 3. The van der Waals surface area contributed by atoms with Crippen molar-refractivity contribution in [3.05, 3.63) is 62.3 Å². The number of fused-ring (bicyclic) bond motifs is 1. The quantitative estimate of drug-likeness (QED) is 0.144. The summed E-state index contributed by atoms with van der Waals surface area (Å²) in [5.41, 5.74) is 2.31. The smallest absolute Gasteiger partial charge is 0.278 e. The van der Waals surface area contributed by atoms with E-state index in [1.165, 1.54) is 33.2 Å². The molecule has 4 rings (SSSR count). The Bertz CT molecular complexity index is 1580. The van der Waals surface area contributed by atoms with Crippen molar-refractivity contribution in [3.63, 3.8) is 0 Å². The summed E-state index contributed by atoms with van der Waals surface area (Å²) in [6.07, 6.45) is 0.924. The number of rotatable bonds is 8. The van der Waals surface area contributed by atoms with Gasteiger partial charge in [-0.25, -0.2) is 4.98 Å². The molecule has 0 bridgehead atoms. The molecule has 194 valence electrons. The van der Waals surface area contributed by atoms with Crippen LogP contribution in [-0.2, 0) is 11.2 Å². The van der Waals surface area contributed by atoms with Gasteiger partial charge in [0.25, 0.3) is 5.56 Å². The van der Waals surface area contributed by atoms with Crippen LogP contribution in [0.2, 0.25) is 0 Å². The van der Waals surface area contributed by atoms with Gasteiger partial charge in [0, 0.05) is 17.2 Å². The number of Topliss-reactive ketones (excluding diaryl/α,β-unsaturated/α-hetero) is 1. The fraction of sp³-hybridized carbons (Fsp3) is 0.333. The van der Waals surface area contributed by atoms with E-state index in [2.05, 4.69) is 6.92 Å². The highest BCUT2D eigenvalue weighted by atomic mass is 32.2. The number of ether oxygens (including phenoxy) is 2. The number of aryl methyl sites for hydroxylation is 1. The lowest BCUT2D eigenvalue weighted by molar-refractivity contribution is -0.123. The summed E-state index contributed by atoms with van der Waals surface area (Å²) in [6, 6.07) is 13.3. The predicted octanol–water partition coefficient (Wildman–Crippen LogP) is 6.25. The van der Waals surface area contributed by atoms with Gasteiger partial charge < -0.3 is 9.47 Å². The van der Waals surface area contributed by atoms with Crippen LogP contribution < -0.4 is 15.0 Å². The molecule has 10 heteroatoms. The maximum atomic E-state index is 13.9. The molecular weight excluding hydrogens is 527 g/mol. The topological polar surface area (TPSA) is 75.3 Å². The number of thiazole rings is 1. The number of nitrogens with zero attached hydrogens (tertiary/aromatic N) is 3. The molecule has 0 saturated carbocycles. The Morgan fingerprint density at radius 3 is 2.27 bits per heavy atom. The fourth-order valence-electron chi connectivity index (χ4n) is 3.68. The average Bonchev–Trinajstić information content (AvgIpc) is 3.22. The van der Waals surface area contributed by atoms with E-state index in [1.807, 2.05) is 49.6 Å². The van der Waals surface area contributed by atoms with Crippen molar-refractivity contribution in [1.82, 2.24) is 14.1 Å². The Balaban J connectivity index is 1.96. The SMILES string of the molecule is CCc1ccc(-n2c(=S)sc3c(=O)n(-c4ccc(OC)c(OC)c4)c(SCC(=O)C(C)(C)C)nc32)cc1. The first-order chi connectivity index (χ1) is 17.6. The first-order valence-corrected chi connectivity index (χ1v) is 14.0. The molecule has 0 fully saturated rings. The number of benzene rings is 2. The lowest BCUT2D eigenvalue weighted by Gasteiger charge is -2.18. The number of carbonyl (C=O) groups excluding carboxylic acids is 1. The van der Waals surface area contributed by atoms with Gasteiger partial charge in [-0.1, -0.05) is 62.9 Å². The fourth-order valence-corrected chi connectivity index (χ4v) is 6.15. The van der Waals surface area contributed by atoms with Gasteiger partial charge in [-0.05, 0) is 48.5 Å². The minimum absolute atomic E-state index is 0.0583. The number of carbonyl (C=O) groups is 1. The summed E-state index contributed by atoms with van der Waals surface area (Å²) >= 11 is 8.14. The molecule has 0 radical (unpaired) electrons. The van der Waals surface area contributed by atoms with Crippen LogP contribution >= 0.6 is 35.3 Å². The highest BCUT2D eigenvalue weighted by Gasteiger charge is 2.24. The van der Waals surface area contributed by atoms with Crippen LogP contribution in [0.5, 0.6) is 11.5 Å². The number of methoxy groups -OCH3 is 2. The number of thioether (sulfide) groups is 1. The van der Waals surface area contributed by atoms with E-state index >= 15 is 0 Å². The van der Waals surface area contributed by atoms with Crippen LogP contribution in [0, 0.1) is 9.37 Å². The summed E-state index contributed by atoms with van der Waals surface area (Å²) in [5, 5.41) is 0.397. The highest BCUT2D eigenvalue weighted by molar-refractivity contribution is 7.99. The molecular formula is C27H29N3O4S3. The van der Waals surface area contributed by atoms with Crippen LogP contribution in [-0.4, -0.2) is 39.9 Å². The Morgan fingerprint density at radius 1 is 1.03 bits per heavy atom. The molecule has 2 aromatic carbocycles. The summed E-state index contributed by atoms with van der Waals surface area (Å²) < 4.78 is 15.1. The molecule has 0 aliphatic rings. The lowest BCUT2D eigenvalue weighted by atomic mass is 9.92. The molecule has 7 nitrogen and oxygen atoms in total. The van der Waals surface area contributed by atoms with Crippen molar-refractivity contribution in [2.75, 3.05) is 20.0 Å². The first-order valence-electron chi connectivity index (χ1n) is 11.8. The number of hydrogen-bond acceptors (Lipinski definition) is 8. The van der Waals surface area contributed by atoms with Crippen molar-refractivity contribution >= 4 is 51.4 Å². The van der Waals surface area contributed by atoms with Crippen LogP contribution in [0.25, 0.3) is 21.7 Å². The van der Waals surface area contributed by atoms with Gasteiger partial charge in [-0.15, -0.1) is 0 Å². The molecule has 0 amide bonds. The Morgan fingerprint density at radius 2 is 1.68 bits per heavy atom. The standard InChI is InChI=1S/C27H29N3O4S3/c1-7-16-8-10-17(11-9-16)29-23-22(37-26(29)35)24(32)30(18-12-13-19(33-5)20(14-18)34-6)25(28-23)36-15-21(31)27(2,3)4/h8-14H,7,15H2,1-6H3. The Labute approximate surface area is 229 Å². The van der Waals surface area contributed by atoms with E-state index in [1.54, 1.807) is 32.4 Å². The molecule has 0 atom stereocenters. The van der Waals surface area contributed by atoms with Crippen molar-refractivity contribution in [3.8, 4) is 22.9 Å². The molecule has 4 aromatic rings. The summed E-state index contributed by atoms with van der Waals surface area (Å²) in [6.45, 7) is 7.74. The minimum atomic E-state index is -0.511. The molecule has 2 heterocycles. The molecule has 0 saturated heterocycles. The van der Waals surface area contributed by atoms with Gasteiger partial charge >= 0.3 is 0 Å². The highest BCUT2D eigenvalue weighted by Crippen LogP contribution is 2.32. The minimum Gasteiger partial charge on any atom is -0.493 e. The Kier molecular flexibility index (Phi) is 7.91. The van der Waals surface area contributed by atoms with Crippen LogP contribution in [0.3, 0.4) is 0 Å². The third kappa shape index (κ3) is 5.37. The summed E-state index contributed by atoms with van der Waals surface area (Å²) in [7, 11) is 3.10. The third-order valence-electron chi connectivity index (χ3n) is 5.97. The number of ketones is 1. The molecule has 0 aliphatic carbocycles. The molecule has 0 N–H and O–H groups in total. The largest absolute Gasteiger partial charge is 0.493 e. The maximum absolute atomic E-state index is 13.9. The second-order valence-electron chi connectivity index (χ2n) is 9.41. The molecule has 0 aliphatic heterocycles. The van der Waals surface area contributed by atoms with Crippen LogP contribution in [0.15, 0.2) is 52.4 Å². The van der Waals surface area contributed by atoms with Gasteiger partial charge in [0.2, 0.25) is 0 Å². The van der Waals surface area contributed by atoms with Crippen LogP contribution in [0.1, 0.15) is 33.3 Å². The molecule has 2 aromatic heterocycles. The zero-order valence-corrected chi connectivity index (χ0v) is 24.1. The Hall–Kier alpha value is -2.95. The molecule has 0 unspecified atom stereocenters. The second kappa shape index (κ2) is 10.8. The van der Waals surface area contributed by atoms with E-state index in [0.29, 0.717) is 36.6 Å². The van der Waals surface area contributed by atoms with E-state index < -0.39 is 5.41 Å². The maximum Gasteiger partial charge on any atom is 0.278 e. The van der Waals surface area contributed by atoms with Gasteiger partial charge in [0.05, 0.1) is 25.7 Å². The molecule has 37 heavy (non-hydrogen) atoms. The van der Waals surface area contributed by atoms with Gasteiger partial charge in [-0.2, -0.15) is 0 Å². The van der Waals surface area contributed by atoms with Crippen LogP contribution in [0.4, 0.5) is 0 Å². The van der Waals surface area contributed by atoms with Gasteiger partial charge in [-0.3, -0.25) is 18.7 Å². The average molecular weight is 556 g/mol. The van der Waals surface area contributed by atoms with Crippen molar-refractivity contribution in [1.29, 1.82) is 0 Å². The molecule has 0 spiro atoms. The zero-order valence-electron chi connectivity index (χ0n) is 21.7. The zero-order chi connectivity index (χ0) is 26.9.